The summed E-state index contributed by atoms with van der Waals surface area (Å²) in [5.41, 5.74) is 0.637. The number of aliphatic hydroxyl groups is 1. The monoisotopic (exact) mass is 261 g/mol. The maximum Gasteiger partial charge on any atom is 0.224 e. The zero-order valence-electron chi connectivity index (χ0n) is 10.4. The second-order valence-electron chi connectivity index (χ2n) is 3.97. The van der Waals surface area contributed by atoms with Crippen molar-refractivity contribution in [1.82, 2.24) is 19.7 Å². The molecule has 2 aromatic rings. The number of aromatic nitrogens is 4. The number of carbonyl (C=O) groups excluding carboxylic acids is 1. The van der Waals surface area contributed by atoms with E-state index in [1.54, 1.807) is 24.7 Å². The van der Waals surface area contributed by atoms with Gasteiger partial charge in [-0.15, -0.1) is 0 Å². The zero-order chi connectivity index (χ0) is 13.5. The van der Waals surface area contributed by atoms with Gasteiger partial charge in [-0.1, -0.05) is 0 Å². The second-order valence-corrected chi connectivity index (χ2v) is 3.97. The maximum atomic E-state index is 11.6. The summed E-state index contributed by atoms with van der Waals surface area (Å²) in [6.07, 6.45) is 6.25. The molecule has 0 radical (unpaired) electrons. The van der Waals surface area contributed by atoms with Gasteiger partial charge in [-0.25, -0.2) is 14.6 Å². The predicted molar refractivity (Wildman–Crippen MR) is 68.7 cm³/mol. The molecule has 0 fully saturated rings. The fourth-order valence-corrected chi connectivity index (χ4v) is 1.54. The van der Waals surface area contributed by atoms with Gasteiger partial charge in [-0.05, 0) is 25.0 Å². The minimum atomic E-state index is -0.0799. The molecule has 0 spiro atoms. The molecule has 0 bridgehead atoms. The van der Waals surface area contributed by atoms with E-state index in [4.69, 9.17) is 5.11 Å². The fourth-order valence-electron chi connectivity index (χ4n) is 1.54. The zero-order valence-corrected chi connectivity index (χ0v) is 10.4. The van der Waals surface area contributed by atoms with E-state index in [2.05, 4.69) is 20.4 Å². The highest BCUT2D eigenvalue weighted by atomic mass is 16.3. The number of pyridine rings is 1. The topological polar surface area (TPSA) is 92.9 Å². The molecule has 0 aliphatic carbocycles. The molecule has 0 aliphatic heterocycles. The number of anilines is 1. The summed E-state index contributed by atoms with van der Waals surface area (Å²) in [7, 11) is 0. The van der Waals surface area contributed by atoms with Crippen LogP contribution in [0.15, 0.2) is 31.0 Å². The molecule has 2 N–H and O–H groups in total. The first kappa shape index (κ1) is 13.2. The highest BCUT2D eigenvalue weighted by Gasteiger charge is 2.03. The molecule has 0 atom stereocenters. The van der Waals surface area contributed by atoms with E-state index < -0.39 is 0 Å². The van der Waals surface area contributed by atoms with Gasteiger partial charge in [0, 0.05) is 13.0 Å². The van der Waals surface area contributed by atoms with Crippen molar-refractivity contribution in [2.45, 2.75) is 19.3 Å². The average molecular weight is 261 g/mol. The molecule has 0 unspecified atom stereocenters. The van der Waals surface area contributed by atoms with Gasteiger partial charge in [0.25, 0.3) is 0 Å². The molecule has 0 saturated heterocycles. The number of hydrogen-bond donors (Lipinski definition) is 2. The summed E-state index contributed by atoms with van der Waals surface area (Å²) in [4.78, 5) is 19.6. The number of amides is 1. The quantitative estimate of drug-likeness (QED) is 0.749. The number of rotatable bonds is 6. The van der Waals surface area contributed by atoms with Crippen molar-refractivity contribution in [3.63, 3.8) is 0 Å². The average Bonchev–Trinajstić information content (AvgIpc) is 2.94. The molecular formula is C12H15N5O2. The first-order valence-corrected chi connectivity index (χ1v) is 6.01. The Morgan fingerprint density at radius 3 is 2.89 bits per heavy atom. The van der Waals surface area contributed by atoms with Crippen LogP contribution in [0.3, 0.4) is 0 Å². The van der Waals surface area contributed by atoms with Crippen LogP contribution in [-0.4, -0.2) is 37.4 Å². The molecule has 2 rings (SSSR count). The molecule has 100 valence electrons. The van der Waals surface area contributed by atoms with Crippen molar-refractivity contribution in [2.24, 2.45) is 0 Å². The summed E-state index contributed by atoms with van der Waals surface area (Å²) < 4.78 is 1.53. The second kappa shape index (κ2) is 6.60. The third kappa shape index (κ3) is 3.85. The van der Waals surface area contributed by atoms with Gasteiger partial charge in [0.05, 0.1) is 11.9 Å². The Morgan fingerprint density at radius 1 is 1.37 bits per heavy atom. The van der Waals surface area contributed by atoms with Crippen LogP contribution in [-0.2, 0) is 4.79 Å². The number of carbonyl (C=O) groups is 1. The SMILES string of the molecule is O=C(CCCCO)Nc1ccc(-n2cncn2)nc1. The van der Waals surface area contributed by atoms with Crippen LogP contribution in [0.1, 0.15) is 19.3 Å². The lowest BCUT2D eigenvalue weighted by atomic mass is 10.2. The van der Waals surface area contributed by atoms with Gasteiger partial charge in [0.2, 0.25) is 5.91 Å². The molecule has 7 heteroatoms. The molecule has 0 aromatic carbocycles. The molecule has 19 heavy (non-hydrogen) atoms. The lowest BCUT2D eigenvalue weighted by molar-refractivity contribution is -0.116. The minimum absolute atomic E-state index is 0.0799. The summed E-state index contributed by atoms with van der Waals surface area (Å²) >= 11 is 0. The first-order chi connectivity index (χ1) is 9.29. The van der Waals surface area contributed by atoms with E-state index in [1.807, 2.05) is 0 Å². The van der Waals surface area contributed by atoms with Crippen LogP contribution in [0.4, 0.5) is 5.69 Å². The van der Waals surface area contributed by atoms with E-state index in [0.29, 0.717) is 30.8 Å². The van der Waals surface area contributed by atoms with E-state index in [1.165, 1.54) is 11.0 Å². The Bertz CT molecular complexity index is 509. The molecular weight excluding hydrogens is 246 g/mol. The minimum Gasteiger partial charge on any atom is -0.396 e. The molecule has 0 aliphatic rings. The van der Waals surface area contributed by atoms with Gasteiger partial charge >= 0.3 is 0 Å². The highest BCUT2D eigenvalue weighted by Crippen LogP contribution is 2.09. The van der Waals surface area contributed by atoms with Crippen LogP contribution < -0.4 is 5.32 Å². The maximum absolute atomic E-state index is 11.6. The lowest BCUT2D eigenvalue weighted by Gasteiger charge is -2.05. The van der Waals surface area contributed by atoms with Crippen LogP contribution in [0.2, 0.25) is 0 Å². The summed E-state index contributed by atoms with van der Waals surface area (Å²) in [5, 5.41) is 15.3. The van der Waals surface area contributed by atoms with Gasteiger partial charge < -0.3 is 10.4 Å². The van der Waals surface area contributed by atoms with Crippen molar-refractivity contribution in [2.75, 3.05) is 11.9 Å². The Hall–Kier alpha value is -2.28. The molecule has 2 aromatic heterocycles. The number of hydrogen-bond acceptors (Lipinski definition) is 5. The standard InChI is InChI=1S/C12H15N5O2/c18-6-2-1-3-12(19)16-10-4-5-11(14-7-10)17-9-13-8-15-17/h4-5,7-9,18H,1-3,6H2,(H,16,19). The Morgan fingerprint density at radius 2 is 2.26 bits per heavy atom. The smallest absolute Gasteiger partial charge is 0.224 e. The Kier molecular flexibility index (Phi) is 4.57. The van der Waals surface area contributed by atoms with Gasteiger partial charge in [-0.3, -0.25) is 4.79 Å². The third-order valence-corrected chi connectivity index (χ3v) is 2.50. The van der Waals surface area contributed by atoms with Crippen molar-refractivity contribution >= 4 is 11.6 Å². The van der Waals surface area contributed by atoms with Crippen molar-refractivity contribution in [1.29, 1.82) is 0 Å². The van der Waals surface area contributed by atoms with E-state index in [-0.39, 0.29) is 12.5 Å². The van der Waals surface area contributed by atoms with Gasteiger partial charge in [0.15, 0.2) is 5.82 Å². The van der Waals surface area contributed by atoms with Crippen LogP contribution in [0.5, 0.6) is 0 Å². The Balaban J connectivity index is 1.90. The lowest BCUT2D eigenvalue weighted by Crippen LogP contribution is -2.11. The summed E-state index contributed by atoms with van der Waals surface area (Å²) in [6, 6.07) is 3.51. The predicted octanol–water partition coefficient (Wildman–Crippen LogP) is 0.763. The van der Waals surface area contributed by atoms with Crippen LogP contribution in [0, 0.1) is 0 Å². The number of nitrogens with one attached hydrogen (secondary N) is 1. The fraction of sp³-hybridized carbons (Fsp3) is 0.333. The van der Waals surface area contributed by atoms with E-state index in [9.17, 15) is 4.79 Å². The van der Waals surface area contributed by atoms with Crippen molar-refractivity contribution in [3.8, 4) is 5.82 Å². The molecule has 1 amide bonds. The number of aliphatic hydroxyl groups excluding tert-OH is 1. The highest BCUT2D eigenvalue weighted by molar-refractivity contribution is 5.90. The van der Waals surface area contributed by atoms with Crippen molar-refractivity contribution in [3.05, 3.63) is 31.0 Å². The molecule has 2 heterocycles. The molecule has 7 nitrogen and oxygen atoms in total. The summed E-state index contributed by atoms with van der Waals surface area (Å²) in [6.45, 7) is 0.113. The first-order valence-electron chi connectivity index (χ1n) is 6.01. The summed E-state index contributed by atoms with van der Waals surface area (Å²) in [5.74, 6) is 0.555. The van der Waals surface area contributed by atoms with E-state index in [0.717, 1.165) is 0 Å². The Labute approximate surface area is 110 Å². The van der Waals surface area contributed by atoms with E-state index >= 15 is 0 Å². The van der Waals surface area contributed by atoms with Crippen LogP contribution >= 0.6 is 0 Å². The van der Waals surface area contributed by atoms with Gasteiger partial charge in [0.1, 0.15) is 12.7 Å². The number of nitrogens with zero attached hydrogens (tertiary/aromatic N) is 4. The molecule has 0 saturated carbocycles. The normalized spacial score (nSPS) is 10.4. The third-order valence-electron chi connectivity index (χ3n) is 2.50. The van der Waals surface area contributed by atoms with Crippen molar-refractivity contribution < 1.29 is 9.90 Å². The van der Waals surface area contributed by atoms with Crippen LogP contribution in [0.25, 0.3) is 5.82 Å². The van der Waals surface area contributed by atoms with Gasteiger partial charge in [-0.2, -0.15) is 5.10 Å². The largest absolute Gasteiger partial charge is 0.396 e. The number of unbranched alkanes of at least 4 members (excludes halogenated alkanes) is 1.